The van der Waals surface area contributed by atoms with E-state index in [0.717, 1.165) is 18.4 Å². The standard InChI is InChI=1S/C12H15NO2/c1-8(2)9-3-4-10(13-7-9)12(5-6-12)11(14)15/h3-4,7-8H,5-6H2,1-2H3,(H,14,15). The highest BCUT2D eigenvalue weighted by atomic mass is 16.4. The molecule has 1 aromatic heterocycles. The van der Waals surface area contributed by atoms with Crippen molar-refractivity contribution in [1.29, 1.82) is 0 Å². The Hall–Kier alpha value is -1.38. The van der Waals surface area contributed by atoms with Gasteiger partial charge >= 0.3 is 5.97 Å². The lowest BCUT2D eigenvalue weighted by atomic mass is 9.99. The van der Waals surface area contributed by atoms with E-state index < -0.39 is 11.4 Å². The maximum atomic E-state index is 11.1. The predicted octanol–water partition coefficient (Wildman–Crippen LogP) is 2.32. The zero-order valence-corrected chi connectivity index (χ0v) is 9.03. The van der Waals surface area contributed by atoms with Crippen LogP contribution in [0.5, 0.6) is 0 Å². The van der Waals surface area contributed by atoms with E-state index >= 15 is 0 Å². The van der Waals surface area contributed by atoms with Crippen LogP contribution < -0.4 is 0 Å². The second-order valence-electron chi connectivity index (χ2n) is 4.52. The molecule has 0 aromatic carbocycles. The fraction of sp³-hybridized carbons (Fsp3) is 0.500. The zero-order valence-electron chi connectivity index (χ0n) is 9.03. The van der Waals surface area contributed by atoms with Crippen molar-refractivity contribution in [3.05, 3.63) is 29.6 Å². The molecule has 0 radical (unpaired) electrons. The number of hydrogen-bond donors (Lipinski definition) is 1. The van der Waals surface area contributed by atoms with E-state index in [0.29, 0.717) is 11.6 Å². The number of aromatic nitrogens is 1. The molecule has 0 spiro atoms. The Balaban J connectivity index is 2.28. The lowest BCUT2D eigenvalue weighted by Gasteiger charge is -2.10. The summed E-state index contributed by atoms with van der Waals surface area (Å²) in [4.78, 5) is 15.3. The van der Waals surface area contributed by atoms with E-state index in [1.54, 1.807) is 6.20 Å². The lowest BCUT2D eigenvalue weighted by Crippen LogP contribution is -2.20. The number of hydrogen-bond acceptors (Lipinski definition) is 2. The minimum atomic E-state index is -0.743. The molecular formula is C12H15NO2. The van der Waals surface area contributed by atoms with E-state index in [1.807, 2.05) is 12.1 Å². The first-order chi connectivity index (χ1) is 7.06. The van der Waals surface area contributed by atoms with Gasteiger partial charge in [-0.2, -0.15) is 0 Å². The van der Waals surface area contributed by atoms with Crippen molar-refractivity contribution in [2.45, 2.75) is 38.0 Å². The van der Waals surface area contributed by atoms with Crippen LogP contribution in [-0.4, -0.2) is 16.1 Å². The van der Waals surface area contributed by atoms with Gasteiger partial charge in [-0.3, -0.25) is 9.78 Å². The Bertz CT molecular complexity index is 377. The van der Waals surface area contributed by atoms with Gasteiger partial charge in [0.1, 0.15) is 5.41 Å². The molecule has 0 saturated heterocycles. The van der Waals surface area contributed by atoms with Crippen LogP contribution in [0.25, 0.3) is 0 Å². The Morgan fingerprint density at radius 3 is 2.47 bits per heavy atom. The van der Waals surface area contributed by atoms with Gasteiger partial charge in [0, 0.05) is 6.20 Å². The Labute approximate surface area is 89.2 Å². The Morgan fingerprint density at radius 1 is 1.47 bits per heavy atom. The molecule has 3 nitrogen and oxygen atoms in total. The minimum absolute atomic E-state index is 0.437. The predicted molar refractivity (Wildman–Crippen MR) is 56.9 cm³/mol. The molecule has 1 aliphatic carbocycles. The summed E-state index contributed by atoms with van der Waals surface area (Å²) in [5.41, 5.74) is 1.19. The van der Waals surface area contributed by atoms with Crippen LogP contribution >= 0.6 is 0 Å². The zero-order chi connectivity index (χ0) is 11.1. The fourth-order valence-corrected chi connectivity index (χ4v) is 1.73. The van der Waals surface area contributed by atoms with Crippen molar-refractivity contribution in [2.24, 2.45) is 0 Å². The smallest absolute Gasteiger partial charge is 0.315 e. The topological polar surface area (TPSA) is 50.2 Å². The van der Waals surface area contributed by atoms with Crippen LogP contribution in [0.2, 0.25) is 0 Å². The third-order valence-electron chi connectivity index (χ3n) is 3.10. The molecule has 3 heteroatoms. The summed E-state index contributed by atoms with van der Waals surface area (Å²) < 4.78 is 0. The summed E-state index contributed by atoms with van der Waals surface area (Å²) in [6, 6.07) is 3.84. The summed E-state index contributed by atoms with van der Waals surface area (Å²) in [7, 11) is 0. The van der Waals surface area contributed by atoms with E-state index in [2.05, 4.69) is 18.8 Å². The molecule has 1 saturated carbocycles. The molecule has 1 fully saturated rings. The molecule has 1 N–H and O–H groups in total. The second kappa shape index (κ2) is 3.33. The van der Waals surface area contributed by atoms with Crippen molar-refractivity contribution in [1.82, 2.24) is 4.98 Å². The van der Waals surface area contributed by atoms with Gasteiger partial charge in [-0.25, -0.2) is 0 Å². The Kier molecular flexibility index (Phi) is 2.25. The molecule has 0 aliphatic heterocycles. The van der Waals surface area contributed by atoms with Crippen molar-refractivity contribution in [2.75, 3.05) is 0 Å². The first-order valence-electron chi connectivity index (χ1n) is 5.26. The number of aliphatic carboxylic acids is 1. The molecule has 2 rings (SSSR count). The van der Waals surface area contributed by atoms with Gasteiger partial charge < -0.3 is 5.11 Å². The fourth-order valence-electron chi connectivity index (χ4n) is 1.73. The Morgan fingerprint density at radius 2 is 2.13 bits per heavy atom. The number of rotatable bonds is 3. The van der Waals surface area contributed by atoms with E-state index in [9.17, 15) is 4.79 Å². The average molecular weight is 205 g/mol. The highest BCUT2D eigenvalue weighted by molar-refractivity contribution is 5.84. The molecular weight excluding hydrogens is 190 g/mol. The van der Waals surface area contributed by atoms with Gasteiger partial charge in [0.05, 0.1) is 5.69 Å². The molecule has 15 heavy (non-hydrogen) atoms. The van der Waals surface area contributed by atoms with Gasteiger partial charge in [-0.05, 0) is 30.4 Å². The largest absolute Gasteiger partial charge is 0.481 e. The van der Waals surface area contributed by atoms with Crippen molar-refractivity contribution >= 4 is 5.97 Å². The van der Waals surface area contributed by atoms with Crippen LogP contribution in [0.3, 0.4) is 0 Å². The van der Waals surface area contributed by atoms with Gasteiger partial charge in [0.15, 0.2) is 0 Å². The first kappa shape index (κ1) is 10.1. The number of nitrogens with zero attached hydrogens (tertiary/aromatic N) is 1. The van der Waals surface area contributed by atoms with Crippen molar-refractivity contribution < 1.29 is 9.90 Å². The quantitative estimate of drug-likeness (QED) is 0.823. The van der Waals surface area contributed by atoms with Gasteiger partial charge in [0.2, 0.25) is 0 Å². The van der Waals surface area contributed by atoms with Crippen LogP contribution in [0, 0.1) is 0 Å². The summed E-state index contributed by atoms with van der Waals surface area (Å²) in [6.45, 7) is 4.20. The highest BCUT2D eigenvalue weighted by Crippen LogP contribution is 2.47. The van der Waals surface area contributed by atoms with Crippen LogP contribution in [-0.2, 0) is 10.2 Å². The molecule has 1 aliphatic rings. The number of carbonyl (C=O) groups is 1. The number of carboxylic acids is 1. The van der Waals surface area contributed by atoms with Crippen LogP contribution in [0.1, 0.15) is 43.9 Å². The normalized spacial score (nSPS) is 17.8. The van der Waals surface area contributed by atoms with Gasteiger partial charge in [-0.15, -0.1) is 0 Å². The monoisotopic (exact) mass is 205 g/mol. The summed E-state index contributed by atoms with van der Waals surface area (Å²) in [6.07, 6.45) is 3.23. The summed E-state index contributed by atoms with van der Waals surface area (Å²) >= 11 is 0. The number of pyridine rings is 1. The van der Waals surface area contributed by atoms with Crippen molar-refractivity contribution in [3.8, 4) is 0 Å². The molecule has 80 valence electrons. The summed E-state index contributed by atoms with van der Waals surface area (Å²) in [5.74, 6) is -0.307. The molecule has 1 heterocycles. The van der Waals surface area contributed by atoms with Gasteiger partial charge in [0.25, 0.3) is 0 Å². The molecule has 1 aromatic rings. The molecule has 0 unspecified atom stereocenters. The van der Waals surface area contributed by atoms with E-state index in [4.69, 9.17) is 5.11 Å². The van der Waals surface area contributed by atoms with Crippen LogP contribution in [0.15, 0.2) is 18.3 Å². The SMILES string of the molecule is CC(C)c1ccc(C2(C(=O)O)CC2)nc1. The molecule has 0 amide bonds. The van der Waals surface area contributed by atoms with Crippen LogP contribution in [0.4, 0.5) is 0 Å². The maximum absolute atomic E-state index is 11.1. The first-order valence-corrected chi connectivity index (χ1v) is 5.26. The third kappa shape index (κ3) is 1.62. The van der Waals surface area contributed by atoms with Gasteiger partial charge in [-0.1, -0.05) is 19.9 Å². The second-order valence-corrected chi connectivity index (χ2v) is 4.52. The molecule has 0 bridgehead atoms. The summed E-state index contributed by atoms with van der Waals surface area (Å²) in [5, 5.41) is 9.10. The lowest BCUT2D eigenvalue weighted by molar-refractivity contribution is -0.140. The highest BCUT2D eigenvalue weighted by Gasteiger charge is 2.52. The van der Waals surface area contributed by atoms with E-state index in [-0.39, 0.29) is 0 Å². The van der Waals surface area contributed by atoms with Crippen molar-refractivity contribution in [3.63, 3.8) is 0 Å². The minimum Gasteiger partial charge on any atom is -0.481 e. The third-order valence-corrected chi connectivity index (χ3v) is 3.10. The van der Waals surface area contributed by atoms with E-state index in [1.165, 1.54) is 0 Å². The molecule has 0 atom stereocenters. The number of carboxylic acid groups (broad SMARTS) is 1. The average Bonchev–Trinajstić information content (AvgIpc) is 2.98. The maximum Gasteiger partial charge on any atom is 0.315 e.